The largest absolute Gasteiger partial charge is 0.387 e. The van der Waals surface area contributed by atoms with Crippen LogP contribution in [0.15, 0.2) is 132 Å². The van der Waals surface area contributed by atoms with Crippen molar-refractivity contribution in [3.05, 3.63) is 170 Å². The number of oxime groups is 1. The second-order valence-electron chi connectivity index (χ2n) is 12.7. The molecule has 0 spiro atoms. The number of aromatic nitrogens is 1. The molecule has 1 unspecified atom stereocenters. The lowest BCUT2D eigenvalue weighted by Crippen LogP contribution is -2.36. The number of allylic oxidation sites excluding steroid dienone is 2. The normalized spacial score (nSPS) is 17.2. The monoisotopic (exact) mass is 645 g/mol. The van der Waals surface area contributed by atoms with Crippen LogP contribution in [0.25, 0.3) is 22.8 Å². The van der Waals surface area contributed by atoms with Crippen molar-refractivity contribution in [3.8, 4) is 11.1 Å². The predicted molar refractivity (Wildman–Crippen MR) is 198 cm³/mol. The highest BCUT2D eigenvalue weighted by Crippen LogP contribution is 2.32. The first-order valence-electron chi connectivity index (χ1n) is 17.1. The van der Waals surface area contributed by atoms with Crippen molar-refractivity contribution < 1.29 is 4.84 Å². The van der Waals surface area contributed by atoms with Crippen molar-refractivity contribution in [1.82, 2.24) is 9.88 Å². The summed E-state index contributed by atoms with van der Waals surface area (Å²) >= 11 is 1.74. The van der Waals surface area contributed by atoms with E-state index in [1.165, 1.54) is 50.2 Å². The summed E-state index contributed by atoms with van der Waals surface area (Å²) in [6, 6.07) is 34.4. The van der Waals surface area contributed by atoms with Gasteiger partial charge in [0.1, 0.15) is 10.7 Å². The highest BCUT2D eigenvalue weighted by molar-refractivity contribution is 7.11. The van der Waals surface area contributed by atoms with Gasteiger partial charge in [-0.2, -0.15) is 0 Å². The minimum atomic E-state index is -0.0221. The summed E-state index contributed by atoms with van der Waals surface area (Å²) in [5.74, 6) is 0. The molecule has 0 bridgehead atoms. The van der Waals surface area contributed by atoms with Crippen LogP contribution in [0.4, 0.5) is 0 Å². The van der Waals surface area contributed by atoms with E-state index in [2.05, 4.69) is 125 Å². The van der Waals surface area contributed by atoms with E-state index in [0.29, 0.717) is 0 Å². The number of thiazole rings is 1. The van der Waals surface area contributed by atoms with Crippen LogP contribution in [0.2, 0.25) is 0 Å². The topological polar surface area (TPSA) is 37.7 Å². The van der Waals surface area contributed by atoms with E-state index in [1.807, 2.05) is 18.2 Å². The number of benzene rings is 4. The van der Waals surface area contributed by atoms with E-state index in [9.17, 15) is 0 Å². The third kappa shape index (κ3) is 6.43. The van der Waals surface area contributed by atoms with Crippen LogP contribution < -0.4 is 10.4 Å². The van der Waals surface area contributed by atoms with E-state index in [4.69, 9.17) is 9.82 Å². The Balaban J connectivity index is 0.000000202. The minimum Gasteiger partial charge on any atom is -0.387 e. The van der Waals surface area contributed by atoms with Crippen LogP contribution in [-0.2, 0) is 24.1 Å². The van der Waals surface area contributed by atoms with E-state index < -0.39 is 0 Å². The van der Waals surface area contributed by atoms with E-state index >= 15 is 0 Å². The highest BCUT2D eigenvalue weighted by atomic mass is 32.1. The number of aryl methyl sites for hydroxylation is 1. The van der Waals surface area contributed by atoms with Gasteiger partial charge in [0.05, 0.1) is 5.69 Å². The average Bonchev–Trinajstić information content (AvgIpc) is 3.86. The molecule has 0 N–H and O–H groups in total. The first-order valence-corrected chi connectivity index (χ1v) is 18.0. The van der Waals surface area contributed by atoms with Crippen LogP contribution in [0.5, 0.6) is 0 Å². The van der Waals surface area contributed by atoms with Gasteiger partial charge in [-0.3, -0.25) is 0 Å². The minimum absolute atomic E-state index is 0.0221. The van der Waals surface area contributed by atoms with Crippen LogP contribution in [0, 0.1) is 0 Å². The molecule has 0 saturated carbocycles. The molecule has 1 atom stereocenters. The van der Waals surface area contributed by atoms with Crippen LogP contribution >= 0.6 is 11.3 Å². The second-order valence-corrected chi connectivity index (χ2v) is 13.6. The summed E-state index contributed by atoms with van der Waals surface area (Å²) in [4.78, 5) is 13.2. The Hall–Kier alpha value is -5.00. The zero-order chi connectivity index (χ0) is 32.1. The quantitative estimate of drug-likeness (QED) is 0.187. The van der Waals surface area contributed by atoms with Gasteiger partial charge in [-0.05, 0) is 93.8 Å². The summed E-state index contributed by atoms with van der Waals surface area (Å²) in [7, 11) is 0. The molecule has 0 amide bonds. The molecule has 2 aliphatic heterocycles. The van der Waals surface area contributed by atoms with Gasteiger partial charge in [0.15, 0.2) is 6.10 Å². The fourth-order valence-electron chi connectivity index (χ4n) is 7.15. The standard InChI is InChI=1S/C30H24N2OS.C13H15N/c1-2-8-20(9-3-1)28-17-26(32-33-28)27-18-34-30(31-27)25-12-6-10-21-14-15-23-22-11-5-4-7-19(22)13-16-24(23)29(21)25;1-3-7-13(8-4-1)9-12-14-10-5-2-6-11-14/h1-5,7-9,11,14-16,18,28H,6,10,12-13,17H2;1-8,10H,9,11-12H2. The Labute approximate surface area is 286 Å². The average molecular weight is 646 g/mol. The van der Waals surface area contributed by atoms with Crippen molar-refractivity contribution in [1.29, 1.82) is 0 Å². The highest BCUT2D eigenvalue weighted by Gasteiger charge is 2.26. The molecule has 2 aliphatic carbocycles. The fraction of sp³-hybridized carbons (Fsp3) is 0.209. The van der Waals surface area contributed by atoms with Gasteiger partial charge in [0.25, 0.3) is 0 Å². The van der Waals surface area contributed by atoms with Crippen LogP contribution in [0.3, 0.4) is 0 Å². The Morgan fingerprint density at radius 2 is 1.65 bits per heavy atom. The van der Waals surface area contributed by atoms with Gasteiger partial charge in [0.2, 0.25) is 0 Å². The smallest absolute Gasteiger partial charge is 0.158 e. The van der Waals surface area contributed by atoms with Crippen molar-refractivity contribution >= 4 is 28.7 Å². The van der Waals surface area contributed by atoms with E-state index in [1.54, 1.807) is 11.3 Å². The molecule has 1 aromatic heterocycles. The first kappa shape index (κ1) is 30.3. The van der Waals surface area contributed by atoms with Crippen molar-refractivity contribution in [2.75, 3.05) is 13.1 Å². The molecule has 238 valence electrons. The summed E-state index contributed by atoms with van der Waals surface area (Å²) in [5, 5.41) is 10.5. The molecule has 4 nitrogen and oxygen atoms in total. The first-order chi connectivity index (χ1) is 23.8. The number of hydrogen-bond acceptors (Lipinski definition) is 5. The van der Waals surface area contributed by atoms with Gasteiger partial charge >= 0.3 is 0 Å². The van der Waals surface area contributed by atoms with Crippen molar-refractivity contribution in [2.24, 2.45) is 5.16 Å². The lowest BCUT2D eigenvalue weighted by molar-refractivity contribution is 0.0857. The Morgan fingerprint density at radius 3 is 2.50 bits per heavy atom. The molecular formula is C43H39N3OS. The molecule has 0 saturated heterocycles. The van der Waals surface area contributed by atoms with E-state index in [-0.39, 0.29) is 6.10 Å². The van der Waals surface area contributed by atoms with Crippen molar-refractivity contribution in [2.45, 2.75) is 44.6 Å². The molecule has 48 heavy (non-hydrogen) atoms. The number of rotatable bonds is 6. The van der Waals surface area contributed by atoms with Crippen molar-refractivity contribution in [3.63, 3.8) is 0 Å². The third-order valence-electron chi connectivity index (χ3n) is 9.65. The summed E-state index contributed by atoms with van der Waals surface area (Å²) in [6.45, 7) is 2.15. The maximum atomic E-state index is 5.77. The third-order valence-corrected chi connectivity index (χ3v) is 10.6. The van der Waals surface area contributed by atoms with Crippen LogP contribution in [0.1, 0.15) is 58.3 Å². The summed E-state index contributed by atoms with van der Waals surface area (Å²) < 4.78 is 0. The number of hydrogen-bond donors (Lipinski definition) is 0. The molecule has 4 aliphatic rings. The SMILES string of the molecule is C1=CCN(CCc2ccccc2)C=C1.C1=c2c(ccc3c2=C(c2nc(C4=NOC(c5ccccc5)C4)cs2)CCC3)-c2ccccc2C1. The molecule has 0 radical (unpaired) electrons. The summed E-state index contributed by atoms with van der Waals surface area (Å²) in [6.07, 6.45) is 17.2. The molecule has 5 aromatic rings. The molecule has 9 rings (SSSR count). The zero-order valence-corrected chi connectivity index (χ0v) is 27.9. The Kier molecular flexibility index (Phi) is 8.85. The number of fused-ring (bicyclic) bond motifs is 5. The van der Waals surface area contributed by atoms with E-state index in [0.717, 1.165) is 67.2 Å². The second kappa shape index (κ2) is 14.0. The van der Waals surface area contributed by atoms with Gasteiger partial charge in [0, 0.05) is 24.9 Å². The predicted octanol–water partition coefficient (Wildman–Crippen LogP) is 8.16. The molecule has 0 fully saturated rings. The zero-order valence-electron chi connectivity index (χ0n) is 27.1. The van der Waals surface area contributed by atoms with Crippen LogP contribution in [-0.4, -0.2) is 28.7 Å². The lowest BCUT2D eigenvalue weighted by atomic mass is 9.85. The molecular weight excluding hydrogens is 607 g/mol. The fourth-order valence-corrected chi connectivity index (χ4v) is 8.06. The maximum absolute atomic E-state index is 5.77. The van der Waals surface area contributed by atoms with Gasteiger partial charge in [-0.15, -0.1) is 11.3 Å². The van der Waals surface area contributed by atoms with Gasteiger partial charge in [-0.25, -0.2) is 4.98 Å². The Bertz CT molecular complexity index is 2130. The lowest BCUT2D eigenvalue weighted by Gasteiger charge is -2.20. The van der Waals surface area contributed by atoms with Gasteiger partial charge < -0.3 is 9.74 Å². The Morgan fingerprint density at radius 1 is 0.812 bits per heavy atom. The van der Waals surface area contributed by atoms with Gasteiger partial charge in [-0.1, -0.05) is 120 Å². The molecule has 5 heteroatoms. The summed E-state index contributed by atoms with van der Waals surface area (Å²) in [5.41, 5.74) is 11.5. The maximum Gasteiger partial charge on any atom is 0.158 e. The molecule has 4 aromatic carbocycles. The molecule has 3 heterocycles. The number of nitrogens with zero attached hydrogens (tertiary/aromatic N) is 3.